The molecule has 2 unspecified atom stereocenters. The smallest absolute Gasteiger partial charge is 0.0568 e. The fourth-order valence-corrected chi connectivity index (χ4v) is 1.15. The summed E-state index contributed by atoms with van der Waals surface area (Å²) in [5.41, 5.74) is 0. The Morgan fingerprint density at radius 2 is 2.00 bits per heavy atom. The van der Waals surface area contributed by atoms with Crippen molar-refractivity contribution in [1.82, 2.24) is 10.2 Å². The highest BCUT2D eigenvalue weighted by Crippen LogP contribution is 2.01. The van der Waals surface area contributed by atoms with Gasteiger partial charge in [-0.05, 0) is 27.4 Å². The van der Waals surface area contributed by atoms with E-state index in [9.17, 15) is 0 Å². The summed E-state index contributed by atoms with van der Waals surface area (Å²) in [4.78, 5) is 2.23. The van der Waals surface area contributed by atoms with E-state index in [0.717, 1.165) is 6.54 Å². The van der Waals surface area contributed by atoms with E-state index in [1.165, 1.54) is 0 Å². The van der Waals surface area contributed by atoms with Crippen LogP contribution in [-0.4, -0.2) is 36.6 Å². The van der Waals surface area contributed by atoms with Gasteiger partial charge in [0.15, 0.2) is 0 Å². The fourth-order valence-electron chi connectivity index (χ4n) is 0.930. The van der Waals surface area contributed by atoms with Crippen molar-refractivity contribution in [1.29, 1.82) is 0 Å². The van der Waals surface area contributed by atoms with Crippen LogP contribution >= 0.6 is 11.6 Å². The van der Waals surface area contributed by atoms with E-state index in [1.54, 1.807) is 0 Å². The van der Waals surface area contributed by atoms with Crippen molar-refractivity contribution in [3.05, 3.63) is 0 Å². The summed E-state index contributed by atoms with van der Waals surface area (Å²) in [5, 5.41) is 3.33. The Hall–Kier alpha value is 0.210. The quantitative estimate of drug-likeness (QED) is 0.507. The van der Waals surface area contributed by atoms with E-state index in [4.69, 9.17) is 11.6 Å². The largest absolute Gasteiger partial charge is 0.302 e. The normalized spacial score (nSPS) is 16.9. The average molecular weight is 179 g/mol. The lowest BCUT2D eigenvalue weighted by atomic mass is 10.3. The highest BCUT2D eigenvalue weighted by atomic mass is 35.5. The highest BCUT2D eigenvalue weighted by molar-refractivity contribution is 6.18. The molecule has 0 radical (unpaired) electrons. The van der Waals surface area contributed by atoms with Gasteiger partial charge in [-0.1, -0.05) is 6.92 Å². The number of nitrogens with one attached hydrogen (secondary N) is 1. The third kappa shape index (κ3) is 3.94. The SMILES string of the molecule is CCNC(C)N(C)C(C)CCl. The molecule has 1 N–H and O–H groups in total. The Balaban J connectivity index is 3.70. The molecule has 0 aliphatic carbocycles. The summed E-state index contributed by atoms with van der Waals surface area (Å²) < 4.78 is 0. The third-order valence-electron chi connectivity index (χ3n) is 2.03. The summed E-state index contributed by atoms with van der Waals surface area (Å²) in [5.74, 6) is 0.687. The maximum absolute atomic E-state index is 5.72. The molecular formula is C8H19ClN2. The monoisotopic (exact) mass is 178 g/mol. The van der Waals surface area contributed by atoms with E-state index in [0.29, 0.717) is 18.1 Å². The maximum Gasteiger partial charge on any atom is 0.0568 e. The summed E-state index contributed by atoms with van der Waals surface area (Å²) in [6.45, 7) is 7.38. The topological polar surface area (TPSA) is 15.3 Å². The van der Waals surface area contributed by atoms with E-state index >= 15 is 0 Å². The summed E-state index contributed by atoms with van der Waals surface area (Å²) in [6.07, 6.45) is 0.411. The molecule has 68 valence electrons. The molecule has 2 nitrogen and oxygen atoms in total. The molecule has 0 aromatic carbocycles. The molecular weight excluding hydrogens is 160 g/mol. The first-order chi connectivity index (χ1) is 5.13. The van der Waals surface area contributed by atoms with Crippen molar-refractivity contribution in [2.75, 3.05) is 19.5 Å². The van der Waals surface area contributed by atoms with Crippen molar-refractivity contribution < 1.29 is 0 Å². The highest BCUT2D eigenvalue weighted by Gasteiger charge is 2.12. The predicted molar refractivity (Wildman–Crippen MR) is 51.1 cm³/mol. The van der Waals surface area contributed by atoms with Crippen LogP contribution in [0.5, 0.6) is 0 Å². The second-order valence-corrected chi connectivity index (χ2v) is 3.21. The summed E-state index contributed by atoms with van der Waals surface area (Å²) in [7, 11) is 2.08. The molecule has 11 heavy (non-hydrogen) atoms. The molecule has 0 aromatic heterocycles. The van der Waals surface area contributed by atoms with Crippen molar-refractivity contribution in [2.45, 2.75) is 33.0 Å². The molecule has 0 spiro atoms. The number of alkyl halides is 1. The Bertz CT molecular complexity index is 98.1. The van der Waals surface area contributed by atoms with Crippen LogP contribution in [0.3, 0.4) is 0 Å². The Labute approximate surface area is 74.9 Å². The van der Waals surface area contributed by atoms with Gasteiger partial charge in [0.25, 0.3) is 0 Å². The zero-order chi connectivity index (χ0) is 8.85. The second-order valence-electron chi connectivity index (χ2n) is 2.90. The average Bonchev–Trinajstić information content (AvgIpc) is 2.02. The second kappa shape index (κ2) is 5.81. The minimum Gasteiger partial charge on any atom is -0.302 e. The first-order valence-electron chi connectivity index (χ1n) is 4.14. The Kier molecular flexibility index (Phi) is 5.92. The van der Waals surface area contributed by atoms with Gasteiger partial charge >= 0.3 is 0 Å². The van der Waals surface area contributed by atoms with Crippen LogP contribution in [0.15, 0.2) is 0 Å². The van der Waals surface area contributed by atoms with E-state index in [2.05, 4.69) is 38.0 Å². The lowest BCUT2D eigenvalue weighted by Crippen LogP contribution is -2.46. The fraction of sp³-hybridized carbons (Fsp3) is 1.00. The number of hydrogen-bond donors (Lipinski definition) is 1. The molecule has 3 heteroatoms. The maximum atomic E-state index is 5.72. The molecule has 0 amide bonds. The third-order valence-corrected chi connectivity index (χ3v) is 2.48. The molecule has 0 saturated heterocycles. The minimum absolute atomic E-state index is 0.411. The molecule has 0 saturated carbocycles. The van der Waals surface area contributed by atoms with Crippen LogP contribution < -0.4 is 5.32 Å². The van der Waals surface area contributed by atoms with Crippen molar-refractivity contribution in [3.8, 4) is 0 Å². The molecule has 0 aliphatic rings. The van der Waals surface area contributed by atoms with Gasteiger partial charge in [-0.15, -0.1) is 11.6 Å². The van der Waals surface area contributed by atoms with Crippen LogP contribution in [0.4, 0.5) is 0 Å². The Morgan fingerprint density at radius 1 is 1.45 bits per heavy atom. The van der Waals surface area contributed by atoms with E-state index in [-0.39, 0.29) is 0 Å². The standard InChI is InChI=1S/C8H19ClN2/c1-5-10-8(3)11(4)7(2)6-9/h7-8,10H,5-6H2,1-4H3. The zero-order valence-corrected chi connectivity index (χ0v) is 8.65. The van der Waals surface area contributed by atoms with E-state index in [1.807, 2.05) is 0 Å². The molecule has 0 heterocycles. The minimum atomic E-state index is 0.411. The van der Waals surface area contributed by atoms with Gasteiger partial charge in [0.2, 0.25) is 0 Å². The molecule has 0 fully saturated rings. The number of hydrogen-bond acceptors (Lipinski definition) is 2. The molecule has 0 rings (SSSR count). The van der Waals surface area contributed by atoms with Crippen LogP contribution in [0.2, 0.25) is 0 Å². The molecule has 2 atom stereocenters. The van der Waals surface area contributed by atoms with Crippen LogP contribution in [0, 0.1) is 0 Å². The molecule has 0 bridgehead atoms. The zero-order valence-electron chi connectivity index (χ0n) is 7.89. The Morgan fingerprint density at radius 3 is 2.36 bits per heavy atom. The van der Waals surface area contributed by atoms with Crippen molar-refractivity contribution in [2.24, 2.45) is 0 Å². The van der Waals surface area contributed by atoms with Crippen LogP contribution in [0.1, 0.15) is 20.8 Å². The summed E-state index contributed by atoms with van der Waals surface area (Å²) in [6, 6.07) is 0.436. The van der Waals surface area contributed by atoms with Gasteiger partial charge in [0.05, 0.1) is 6.17 Å². The van der Waals surface area contributed by atoms with Crippen LogP contribution in [0.25, 0.3) is 0 Å². The number of rotatable bonds is 5. The molecule has 0 aliphatic heterocycles. The van der Waals surface area contributed by atoms with Gasteiger partial charge in [0.1, 0.15) is 0 Å². The first-order valence-corrected chi connectivity index (χ1v) is 4.68. The van der Waals surface area contributed by atoms with Crippen molar-refractivity contribution >= 4 is 11.6 Å². The lowest BCUT2D eigenvalue weighted by Gasteiger charge is -2.29. The van der Waals surface area contributed by atoms with Gasteiger partial charge in [-0.3, -0.25) is 4.90 Å². The molecule has 0 aromatic rings. The van der Waals surface area contributed by atoms with Gasteiger partial charge in [-0.2, -0.15) is 0 Å². The van der Waals surface area contributed by atoms with Crippen LogP contribution in [-0.2, 0) is 0 Å². The lowest BCUT2D eigenvalue weighted by molar-refractivity contribution is 0.182. The van der Waals surface area contributed by atoms with E-state index < -0.39 is 0 Å². The van der Waals surface area contributed by atoms with Gasteiger partial charge in [-0.25, -0.2) is 0 Å². The van der Waals surface area contributed by atoms with Crippen molar-refractivity contribution in [3.63, 3.8) is 0 Å². The first kappa shape index (κ1) is 11.2. The summed E-state index contributed by atoms with van der Waals surface area (Å²) >= 11 is 5.72. The van der Waals surface area contributed by atoms with Gasteiger partial charge < -0.3 is 5.32 Å². The number of halogens is 1. The predicted octanol–water partition coefficient (Wildman–Crippen LogP) is 1.50. The van der Waals surface area contributed by atoms with Gasteiger partial charge in [0, 0.05) is 11.9 Å². The number of nitrogens with zero attached hydrogens (tertiary/aromatic N) is 1.